The van der Waals surface area contributed by atoms with E-state index < -0.39 is 17.2 Å². The maximum absolute atomic E-state index is 13.4. The summed E-state index contributed by atoms with van der Waals surface area (Å²) in [5.41, 5.74) is -0.679. The molecule has 21 heavy (non-hydrogen) atoms. The van der Waals surface area contributed by atoms with Gasteiger partial charge >= 0.3 is 0 Å². The summed E-state index contributed by atoms with van der Waals surface area (Å²) >= 11 is 0. The summed E-state index contributed by atoms with van der Waals surface area (Å²) in [6.45, 7) is 5.59. The smallest absolute Gasteiger partial charge is 0.220 e. The van der Waals surface area contributed by atoms with Crippen LogP contribution in [-0.4, -0.2) is 23.2 Å². The number of hydrogen-bond acceptors (Lipinski definition) is 2. The molecule has 0 aromatic heterocycles. The van der Waals surface area contributed by atoms with Crippen LogP contribution in [0.15, 0.2) is 18.2 Å². The van der Waals surface area contributed by atoms with E-state index in [-0.39, 0.29) is 30.4 Å². The normalized spacial score (nSPS) is 14.0. The number of carbonyl (C=O) groups is 1. The van der Waals surface area contributed by atoms with E-state index in [4.69, 9.17) is 0 Å². The van der Waals surface area contributed by atoms with Gasteiger partial charge < -0.3 is 10.4 Å². The summed E-state index contributed by atoms with van der Waals surface area (Å²) in [7, 11) is 0. The van der Waals surface area contributed by atoms with Crippen LogP contribution >= 0.6 is 0 Å². The molecule has 0 saturated carbocycles. The fourth-order valence-corrected chi connectivity index (χ4v) is 1.74. The van der Waals surface area contributed by atoms with Crippen molar-refractivity contribution in [3.8, 4) is 0 Å². The molecule has 5 heteroatoms. The second-order valence-corrected chi connectivity index (χ2v) is 5.88. The van der Waals surface area contributed by atoms with Crippen molar-refractivity contribution in [1.29, 1.82) is 0 Å². The highest BCUT2D eigenvalue weighted by atomic mass is 19.1. The fourth-order valence-electron chi connectivity index (χ4n) is 1.74. The highest BCUT2D eigenvalue weighted by molar-refractivity contribution is 5.75. The van der Waals surface area contributed by atoms with Gasteiger partial charge in [0.1, 0.15) is 11.6 Å². The molecule has 0 aliphatic heterocycles. The Morgan fingerprint density at radius 1 is 1.38 bits per heavy atom. The number of nitrogens with one attached hydrogen (secondary N) is 1. The summed E-state index contributed by atoms with van der Waals surface area (Å²) < 4.78 is 26.4. The maximum atomic E-state index is 13.4. The maximum Gasteiger partial charge on any atom is 0.220 e. The molecule has 0 aliphatic carbocycles. The Balaban J connectivity index is 2.36. The summed E-state index contributed by atoms with van der Waals surface area (Å²) in [5.74, 6) is -1.12. The van der Waals surface area contributed by atoms with E-state index in [9.17, 15) is 18.7 Å². The minimum atomic E-state index is -0.954. The molecule has 1 unspecified atom stereocenters. The lowest BCUT2D eigenvalue weighted by atomic mass is 9.92. The Hall–Kier alpha value is -1.49. The van der Waals surface area contributed by atoms with E-state index >= 15 is 0 Å². The Labute approximate surface area is 124 Å². The van der Waals surface area contributed by atoms with Gasteiger partial charge in [0.15, 0.2) is 0 Å². The molecule has 0 fully saturated rings. The second kappa shape index (κ2) is 7.50. The monoisotopic (exact) mass is 299 g/mol. The van der Waals surface area contributed by atoms with Crippen LogP contribution in [0.3, 0.4) is 0 Å². The Bertz CT molecular complexity index is 487. The van der Waals surface area contributed by atoms with Crippen molar-refractivity contribution in [2.75, 3.05) is 6.54 Å². The number of hydrogen-bond donors (Lipinski definition) is 2. The second-order valence-electron chi connectivity index (χ2n) is 5.88. The molecule has 2 N–H and O–H groups in total. The van der Waals surface area contributed by atoms with Crippen molar-refractivity contribution in [2.24, 2.45) is 5.92 Å². The number of benzene rings is 1. The third-order valence-electron chi connectivity index (χ3n) is 3.74. The van der Waals surface area contributed by atoms with Crippen LogP contribution in [-0.2, 0) is 11.2 Å². The SMILES string of the molecule is CC(C)C(C)(O)CNC(=O)CCCc1cc(F)ccc1F. The number of halogens is 2. The number of aliphatic hydroxyl groups is 1. The molecule has 1 aromatic carbocycles. The van der Waals surface area contributed by atoms with E-state index in [0.29, 0.717) is 12.8 Å². The summed E-state index contributed by atoms with van der Waals surface area (Å²) in [6.07, 6.45) is 0.942. The van der Waals surface area contributed by atoms with Crippen molar-refractivity contribution in [3.05, 3.63) is 35.4 Å². The molecule has 0 radical (unpaired) electrons. The van der Waals surface area contributed by atoms with Gasteiger partial charge in [-0.25, -0.2) is 8.78 Å². The lowest BCUT2D eigenvalue weighted by Crippen LogP contribution is -2.44. The van der Waals surface area contributed by atoms with E-state index in [0.717, 1.165) is 18.2 Å². The first-order chi connectivity index (χ1) is 9.72. The average molecular weight is 299 g/mol. The minimum Gasteiger partial charge on any atom is -0.388 e. The van der Waals surface area contributed by atoms with Crippen LogP contribution in [0.25, 0.3) is 0 Å². The molecule has 1 amide bonds. The molecule has 1 aromatic rings. The largest absolute Gasteiger partial charge is 0.388 e. The molecule has 0 bridgehead atoms. The van der Waals surface area contributed by atoms with Crippen LogP contribution in [0.1, 0.15) is 39.2 Å². The predicted molar refractivity (Wildman–Crippen MR) is 77.8 cm³/mol. The number of amides is 1. The number of aryl methyl sites for hydroxylation is 1. The Kier molecular flexibility index (Phi) is 6.27. The highest BCUT2D eigenvalue weighted by Gasteiger charge is 2.25. The summed E-state index contributed by atoms with van der Waals surface area (Å²) in [5, 5.41) is 12.7. The van der Waals surface area contributed by atoms with E-state index in [1.54, 1.807) is 6.92 Å². The van der Waals surface area contributed by atoms with Crippen LogP contribution < -0.4 is 5.32 Å². The average Bonchev–Trinajstić information content (AvgIpc) is 2.40. The van der Waals surface area contributed by atoms with Gasteiger partial charge in [-0.05, 0) is 49.4 Å². The van der Waals surface area contributed by atoms with Crippen molar-refractivity contribution in [3.63, 3.8) is 0 Å². The summed E-state index contributed by atoms with van der Waals surface area (Å²) in [6, 6.07) is 3.31. The van der Waals surface area contributed by atoms with Crippen molar-refractivity contribution in [2.45, 2.75) is 45.6 Å². The lowest BCUT2D eigenvalue weighted by Gasteiger charge is -2.27. The molecule has 1 atom stereocenters. The third kappa shape index (κ3) is 5.79. The van der Waals surface area contributed by atoms with Gasteiger partial charge in [0, 0.05) is 13.0 Å². The van der Waals surface area contributed by atoms with Gasteiger partial charge in [-0.2, -0.15) is 0 Å². The first-order valence-corrected chi connectivity index (χ1v) is 7.15. The number of carbonyl (C=O) groups excluding carboxylic acids is 1. The van der Waals surface area contributed by atoms with Gasteiger partial charge in [-0.3, -0.25) is 4.79 Å². The van der Waals surface area contributed by atoms with Crippen molar-refractivity contribution >= 4 is 5.91 Å². The molecule has 3 nitrogen and oxygen atoms in total. The van der Waals surface area contributed by atoms with Crippen molar-refractivity contribution in [1.82, 2.24) is 5.32 Å². The first-order valence-electron chi connectivity index (χ1n) is 7.15. The van der Waals surface area contributed by atoms with Crippen LogP contribution in [0.2, 0.25) is 0 Å². The molecule has 0 aliphatic rings. The van der Waals surface area contributed by atoms with Gasteiger partial charge in [0.25, 0.3) is 0 Å². The lowest BCUT2D eigenvalue weighted by molar-refractivity contribution is -0.122. The molecule has 0 saturated heterocycles. The van der Waals surface area contributed by atoms with Crippen LogP contribution in [0.5, 0.6) is 0 Å². The molecule has 0 spiro atoms. The Morgan fingerprint density at radius 3 is 2.67 bits per heavy atom. The van der Waals surface area contributed by atoms with Gasteiger partial charge in [0.05, 0.1) is 5.60 Å². The molecular weight excluding hydrogens is 276 g/mol. The Morgan fingerprint density at radius 2 is 2.05 bits per heavy atom. The topological polar surface area (TPSA) is 49.3 Å². The molecule has 1 rings (SSSR count). The standard InChI is InChI=1S/C16H23F2NO2/c1-11(2)16(3,21)10-19-15(20)6-4-5-12-9-13(17)7-8-14(12)18/h7-9,11,21H,4-6,10H2,1-3H3,(H,19,20). The molecular formula is C16H23F2NO2. The highest BCUT2D eigenvalue weighted by Crippen LogP contribution is 2.15. The zero-order valence-corrected chi connectivity index (χ0v) is 12.7. The van der Waals surface area contributed by atoms with E-state index in [1.807, 2.05) is 13.8 Å². The van der Waals surface area contributed by atoms with E-state index in [2.05, 4.69) is 5.32 Å². The van der Waals surface area contributed by atoms with Crippen LogP contribution in [0.4, 0.5) is 8.78 Å². The van der Waals surface area contributed by atoms with Crippen molar-refractivity contribution < 1.29 is 18.7 Å². The third-order valence-corrected chi connectivity index (χ3v) is 3.74. The zero-order chi connectivity index (χ0) is 16.0. The van der Waals surface area contributed by atoms with Gasteiger partial charge in [-0.15, -0.1) is 0 Å². The first kappa shape index (κ1) is 17.6. The summed E-state index contributed by atoms with van der Waals surface area (Å²) in [4.78, 5) is 11.7. The fraction of sp³-hybridized carbons (Fsp3) is 0.562. The quantitative estimate of drug-likeness (QED) is 0.813. The number of rotatable bonds is 7. The van der Waals surface area contributed by atoms with E-state index in [1.165, 1.54) is 0 Å². The predicted octanol–water partition coefficient (Wildman–Crippen LogP) is 2.81. The van der Waals surface area contributed by atoms with Gasteiger partial charge in [0.2, 0.25) is 5.91 Å². The molecule has 0 heterocycles. The van der Waals surface area contributed by atoms with Gasteiger partial charge in [-0.1, -0.05) is 13.8 Å². The zero-order valence-electron chi connectivity index (χ0n) is 12.7. The minimum absolute atomic E-state index is 0.0270. The molecule has 118 valence electrons. The van der Waals surface area contributed by atoms with Crippen LogP contribution in [0, 0.1) is 17.6 Å².